The highest BCUT2D eigenvalue weighted by atomic mass is 35.5. The van der Waals surface area contributed by atoms with Gasteiger partial charge in [0, 0.05) is 12.6 Å². The molecule has 0 aliphatic heterocycles. The van der Waals surface area contributed by atoms with Crippen molar-refractivity contribution in [1.29, 1.82) is 0 Å². The van der Waals surface area contributed by atoms with E-state index in [4.69, 9.17) is 11.6 Å². The summed E-state index contributed by atoms with van der Waals surface area (Å²) in [7, 11) is 0. The SMILES string of the molecule is CCC1CC1Nc1cnn(CC)c(=O)c1Cl. The van der Waals surface area contributed by atoms with Crippen molar-refractivity contribution in [2.45, 2.75) is 39.3 Å². The fourth-order valence-corrected chi connectivity index (χ4v) is 2.07. The molecule has 1 aromatic heterocycles. The fourth-order valence-electron chi connectivity index (χ4n) is 1.87. The van der Waals surface area contributed by atoms with E-state index in [2.05, 4.69) is 17.3 Å². The second-order valence-corrected chi connectivity index (χ2v) is 4.53. The molecule has 5 heteroatoms. The van der Waals surface area contributed by atoms with Gasteiger partial charge in [-0.15, -0.1) is 0 Å². The molecular weight excluding hydrogens is 226 g/mol. The van der Waals surface area contributed by atoms with Gasteiger partial charge in [-0.25, -0.2) is 4.68 Å². The maximum absolute atomic E-state index is 11.7. The number of nitrogens with one attached hydrogen (secondary N) is 1. The van der Waals surface area contributed by atoms with Crippen molar-refractivity contribution in [3.8, 4) is 0 Å². The van der Waals surface area contributed by atoms with Crippen molar-refractivity contribution in [2.24, 2.45) is 5.92 Å². The number of aryl methyl sites for hydroxylation is 1. The number of halogens is 1. The van der Waals surface area contributed by atoms with Gasteiger partial charge in [-0.3, -0.25) is 4.79 Å². The minimum atomic E-state index is -0.220. The Morgan fingerprint density at radius 1 is 1.62 bits per heavy atom. The molecule has 2 unspecified atom stereocenters. The summed E-state index contributed by atoms with van der Waals surface area (Å²) >= 11 is 6.00. The standard InChI is InChI=1S/C11H16ClN3O/c1-3-7-5-8(7)14-9-6-13-15(4-2)11(16)10(9)12/h6-8,14H,3-5H2,1-2H3. The normalized spacial score (nSPS) is 23.2. The summed E-state index contributed by atoms with van der Waals surface area (Å²) in [5, 5.41) is 7.56. The van der Waals surface area contributed by atoms with Gasteiger partial charge in [0.25, 0.3) is 5.56 Å². The molecule has 88 valence electrons. The molecule has 1 aliphatic carbocycles. The van der Waals surface area contributed by atoms with Crippen LogP contribution in [-0.4, -0.2) is 15.8 Å². The number of aromatic nitrogens is 2. The van der Waals surface area contributed by atoms with Gasteiger partial charge in [-0.2, -0.15) is 5.10 Å². The molecule has 0 bridgehead atoms. The first-order valence-corrected chi connectivity index (χ1v) is 6.07. The summed E-state index contributed by atoms with van der Waals surface area (Å²) in [6, 6.07) is 0.459. The first-order valence-electron chi connectivity index (χ1n) is 5.69. The first-order chi connectivity index (χ1) is 7.67. The summed E-state index contributed by atoms with van der Waals surface area (Å²) in [4.78, 5) is 11.7. The van der Waals surface area contributed by atoms with Crippen molar-refractivity contribution < 1.29 is 0 Å². The summed E-state index contributed by atoms with van der Waals surface area (Å²) in [5.41, 5.74) is 0.445. The van der Waals surface area contributed by atoms with Crippen LogP contribution in [0.4, 0.5) is 5.69 Å². The molecule has 4 nitrogen and oxygen atoms in total. The largest absolute Gasteiger partial charge is 0.379 e. The molecule has 0 spiro atoms. The average Bonchev–Trinajstić information content (AvgIpc) is 3.04. The summed E-state index contributed by atoms with van der Waals surface area (Å²) < 4.78 is 1.36. The molecule has 1 fully saturated rings. The maximum Gasteiger partial charge on any atom is 0.287 e. The Morgan fingerprint density at radius 2 is 2.38 bits per heavy atom. The van der Waals surface area contributed by atoms with Gasteiger partial charge >= 0.3 is 0 Å². The van der Waals surface area contributed by atoms with Crippen LogP contribution in [0.3, 0.4) is 0 Å². The molecule has 16 heavy (non-hydrogen) atoms. The fraction of sp³-hybridized carbons (Fsp3) is 0.636. The Labute approximate surface area is 99.6 Å². The van der Waals surface area contributed by atoms with Gasteiger partial charge in [-0.05, 0) is 19.3 Å². The minimum Gasteiger partial charge on any atom is -0.379 e. The van der Waals surface area contributed by atoms with Crippen LogP contribution in [0, 0.1) is 5.92 Å². The maximum atomic E-state index is 11.7. The molecule has 1 heterocycles. The van der Waals surface area contributed by atoms with Crippen LogP contribution in [0.15, 0.2) is 11.0 Å². The molecule has 1 saturated carbocycles. The van der Waals surface area contributed by atoms with Crippen LogP contribution in [-0.2, 0) is 6.54 Å². The molecule has 1 N–H and O–H groups in total. The number of rotatable bonds is 4. The Kier molecular flexibility index (Phi) is 3.19. The van der Waals surface area contributed by atoms with Gasteiger partial charge < -0.3 is 5.32 Å². The lowest BCUT2D eigenvalue weighted by atomic mass is 10.3. The highest BCUT2D eigenvalue weighted by molar-refractivity contribution is 6.32. The third-order valence-corrected chi connectivity index (χ3v) is 3.44. The van der Waals surface area contributed by atoms with E-state index in [9.17, 15) is 4.79 Å². The topological polar surface area (TPSA) is 46.9 Å². The number of hydrogen-bond acceptors (Lipinski definition) is 3. The summed E-state index contributed by atoms with van der Waals surface area (Å²) in [6.45, 7) is 4.58. The van der Waals surface area contributed by atoms with E-state index in [1.165, 1.54) is 4.68 Å². The molecule has 2 rings (SSSR count). The third-order valence-electron chi connectivity index (χ3n) is 3.07. The predicted octanol–water partition coefficient (Wildman–Crippen LogP) is 2.13. The summed E-state index contributed by atoms with van der Waals surface area (Å²) in [6.07, 6.45) is 3.96. The Morgan fingerprint density at radius 3 is 2.94 bits per heavy atom. The van der Waals surface area contributed by atoms with E-state index < -0.39 is 0 Å². The lowest BCUT2D eigenvalue weighted by Gasteiger charge is -2.08. The first kappa shape index (κ1) is 11.5. The summed E-state index contributed by atoms with van der Waals surface area (Å²) in [5.74, 6) is 0.713. The van der Waals surface area contributed by atoms with Gasteiger partial charge in [0.2, 0.25) is 0 Å². The van der Waals surface area contributed by atoms with Gasteiger partial charge in [0.15, 0.2) is 0 Å². The monoisotopic (exact) mass is 241 g/mol. The number of hydrogen-bond donors (Lipinski definition) is 1. The van der Waals surface area contributed by atoms with E-state index in [1.807, 2.05) is 6.92 Å². The van der Waals surface area contributed by atoms with Crippen molar-refractivity contribution >= 4 is 17.3 Å². The molecule has 0 saturated heterocycles. The lowest BCUT2D eigenvalue weighted by Crippen LogP contribution is -2.23. The van der Waals surface area contributed by atoms with E-state index >= 15 is 0 Å². The Hall–Kier alpha value is -1.03. The van der Waals surface area contributed by atoms with Crippen LogP contribution in [0.1, 0.15) is 26.7 Å². The number of anilines is 1. The van der Waals surface area contributed by atoms with Crippen LogP contribution in [0.25, 0.3) is 0 Å². The second-order valence-electron chi connectivity index (χ2n) is 4.15. The van der Waals surface area contributed by atoms with Crippen LogP contribution >= 0.6 is 11.6 Å². The lowest BCUT2D eigenvalue weighted by molar-refractivity contribution is 0.616. The number of nitrogens with zero attached hydrogens (tertiary/aromatic N) is 2. The molecule has 2 atom stereocenters. The molecular formula is C11H16ClN3O. The Balaban J connectivity index is 2.17. The van der Waals surface area contributed by atoms with Crippen LogP contribution < -0.4 is 10.9 Å². The van der Waals surface area contributed by atoms with Crippen molar-refractivity contribution in [1.82, 2.24) is 9.78 Å². The smallest absolute Gasteiger partial charge is 0.287 e. The van der Waals surface area contributed by atoms with Gasteiger partial charge in [0.05, 0.1) is 11.9 Å². The van der Waals surface area contributed by atoms with Crippen LogP contribution in [0.5, 0.6) is 0 Å². The molecule has 0 aromatic carbocycles. The zero-order valence-corrected chi connectivity index (χ0v) is 10.3. The molecule has 1 aliphatic rings. The van der Waals surface area contributed by atoms with Crippen LogP contribution in [0.2, 0.25) is 5.02 Å². The Bertz CT molecular complexity index is 443. The molecule has 1 aromatic rings. The highest BCUT2D eigenvalue weighted by Crippen LogP contribution is 2.36. The van der Waals surface area contributed by atoms with Gasteiger partial charge in [-0.1, -0.05) is 24.9 Å². The zero-order valence-electron chi connectivity index (χ0n) is 9.53. The molecule has 0 radical (unpaired) electrons. The van der Waals surface area contributed by atoms with E-state index in [0.717, 1.165) is 12.8 Å². The van der Waals surface area contributed by atoms with Crippen molar-refractivity contribution in [3.63, 3.8) is 0 Å². The molecule has 0 amide bonds. The van der Waals surface area contributed by atoms with Gasteiger partial charge in [0.1, 0.15) is 5.02 Å². The van der Waals surface area contributed by atoms with Crippen molar-refractivity contribution in [2.75, 3.05) is 5.32 Å². The van der Waals surface area contributed by atoms with Crippen molar-refractivity contribution in [3.05, 3.63) is 21.6 Å². The van der Waals surface area contributed by atoms with E-state index in [0.29, 0.717) is 24.2 Å². The third kappa shape index (κ3) is 2.07. The minimum absolute atomic E-state index is 0.220. The zero-order chi connectivity index (χ0) is 11.7. The highest BCUT2D eigenvalue weighted by Gasteiger charge is 2.35. The quantitative estimate of drug-likeness (QED) is 0.879. The van der Waals surface area contributed by atoms with E-state index in [1.54, 1.807) is 6.20 Å². The average molecular weight is 242 g/mol. The van der Waals surface area contributed by atoms with E-state index in [-0.39, 0.29) is 10.6 Å². The second kappa shape index (κ2) is 4.45. The predicted molar refractivity (Wildman–Crippen MR) is 65.0 cm³/mol.